The molecule has 2 aromatic rings. The fourth-order valence-corrected chi connectivity index (χ4v) is 4.13. The number of nitrogens with zero attached hydrogens (tertiary/aromatic N) is 1. The molecule has 0 fully saturated rings. The van der Waals surface area contributed by atoms with Gasteiger partial charge >= 0.3 is 0 Å². The average Bonchev–Trinajstić information content (AvgIpc) is 2.64. The van der Waals surface area contributed by atoms with Gasteiger partial charge in [0.05, 0.1) is 15.9 Å². The van der Waals surface area contributed by atoms with Crippen LogP contribution in [0.5, 0.6) is 0 Å². The highest BCUT2D eigenvalue weighted by molar-refractivity contribution is 7.89. The minimum Gasteiger partial charge on any atom is -0.372 e. The molecule has 138 valence electrons. The zero-order chi connectivity index (χ0) is 18.9. The van der Waals surface area contributed by atoms with Gasteiger partial charge in [-0.15, -0.1) is 0 Å². The van der Waals surface area contributed by atoms with Crippen molar-refractivity contribution in [2.75, 3.05) is 12.4 Å². The fraction of sp³-hybridized carbons (Fsp3) is 0.333. The van der Waals surface area contributed by atoms with Crippen LogP contribution in [0.3, 0.4) is 0 Å². The van der Waals surface area contributed by atoms with Gasteiger partial charge in [-0.25, -0.2) is 13.1 Å². The lowest BCUT2D eigenvalue weighted by molar-refractivity contribution is -0.384. The fourth-order valence-electron chi connectivity index (χ4n) is 3.38. The second-order valence-electron chi connectivity index (χ2n) is 6.48. The third-order valence-corrected chi connectivity index (χ3v) is 6.30. The second-order valence-corrected chi connectivity index (χ2v) is 8.37. The molecule has 1 aliphatic rings. The Kier molecular flexibility index (Phi) is 4.97. The molecule has 2 unspecified atom stereocenters. The Hall–Kier alpha value is -2.45. The summed E-state index contributed by atoms with van der Waals surface area (Å²) in [5.41, 5.74) is 2.43. The summed E-state index contributed by atoms with van der Waals surface area (Å²) in [7, 11) is -2.47. The van der Waals surface area contributed by atoms with E-state index in [0.29, 0.717) is 11.6 Å². The van der Waals surface area contributed by atoms with Gasteiger partial charge in [0.1, 0.15) is 5.69 Å². The van der Waals surface area contributed by atoms with Gasteiger partial charge in [0, 0.05) is 6.07 Å². The van der Waals surface area contributed by atoms with E-state index >= 15 is 0 Å². The van der Waals surface area contributed by atoms with E-state index in [4.69, 9.17) is 0 Å². The third kappa shape index (κ3) is 3.42. The minimum atomic E-state index is -3.75. The van der Waals surface area contributed by atoms with E-state index < -0.39 is 14.9 Å². The molecule has 2 aromatic carbocycles. The van der Waals surface area contributed by atoms with Gasteiger partial charge in [-0.1, -0.05) is 31.2 Å². The number of rotatable bonds is 5. The monoisotopic (exact) mass is 375 g/mol. The highest BCUT2D eigenvalue weighted by atomic mass is 32.2. The molecule has 0 aliphatic heterocycles. The standard InChI is InChI=1S/C18H21N3O4S/c1-12-7-8-13-5-3-4-6-15(13)18(12)20-16-10-9-14(26(24,25)19-2)11-17(16)21(22)23/h3-6,9-12,18-20H,7-8H2,1-2H3. The van der Waals surface area contributed by atoms with Gasteiger partial charge in [0.2, 0.25) is 10.0 Å². The Labute approximate surface area is 152 Å². The molecule has 3 rings (SSSR count). The summed E-state index contributed by atoms with van der Waals surface area (Å²) in [6, 6.07) is 11.9. The molecule has 1 aliphatic carbocycles. The quantitative estimate of drug-likeness (QED) is 0.617. The Morgan fingerprint density at radius 3 is 2.62 bits per heavy atom. The average molecular weight is 375 g/mol. The van der Waals surface area contributed by atoms with E-state index in [9.17, 15) is 18.5 Å². The lowest BCUT2D eigenvalue weighted by Crippen LogP contribution is -2.25. The Morgan fingerprint density at radius 2 is 1.92 bits per heavy atom. The van der Waals surface area contributed by atoms with Gasteiger partial charge < -0.3 is 5.32 Å². The first kappa shape index (κ1) is 18.3. The van der Waals surface area contributed by atoms with Crippen molar-refractivity contribution >= 4 is 21.4 Å². The largest absolute Gasteiger partial charge is 0.372 e. The van der Waals surface area contributed by atoms with Crippen molar-refractivity contribution in [1.82, 2.24) is 4.72 Å². The number of anilines is 1. The maximum Gasteiger partial charge on any atom is 0.293 e. The zero-order valence-corrected chi connectivity index (χ0v) is 15.4. The second kappa shape index (κ2) is 7.05. The van der Waals surface area contributed by atoms with Crippen molar-refractivity contribution in [3.05, 3.63) is 63.7 Å². The van der Waals surface area contributed by atoms with E-state index in [1.165, 1.54) is 24.7 Å². The van der Waals surface area contributed by atoms with Crippen LogP contribution < -0.4 is 10.0 Å². The number of hydrogen-bond acceptors (Lipinski definition) is 5. The molecule has 0 radical (unpaired) electrons. The Morgan fingerprint density at radius 1 is 1.19 bits per heavy atom. The number of nitrogens with one attached hydrogen (secondary N) is 2. The van der Waals surface area contributed by atoms with Gasteiger partial charge in [-0.05, 0) is 49.1 Å². The number of nitro groups is 1. The molecule has 2 N–H and O–H groups in total. The summed E-state index contributed by atoms with van der Waals surface area (Å²) >= 11 is 0. The van der Waals surface area contributed by atoms with Crippen molar-refractivity contribution in [3.63, 3.8) is 0 Å². The van der Waals surface area contributed by atoms with Gasteiger partial charge in [-0.2, -0.15) is 0 Å². The molecule has 0 saturated heterocycles. The lowest BCUT2D eigenvalue weighted by Gasteiger charge is -2.32. The maximum absolute atomic E-state index is 11.9. The number of hydrogen-bond donors (Lipinski definition) is 2. The molecular formula is C18H21N3O4S. The number of benzene rings is 2. The molecule has 8 heteroatoms. The van der Waals surface area contributed by atoms with Gasteiger partial charge in [0.15, 0.2) is 0 Å². The molecule has 0 saturated carbocycles. The highest BCUT2D eigenvalue weighted by Crippen LogP contribution is 2.39. The summed E-state index contributed by atoms with van der Waals surface area (Å²) in [6.45, 7) is 2.11. The molecule has 0 heterocycles. The van der Waals surface area contributed by atoms with Crippen LogP contribution in [0.2, 0.25) is 0 Å². The Balaban J connectivity index is 2.01. The number of fused-ring (bicyclic) bond motifs is 1. The number of nitro benzene ring substituents is 1. The normalized spacial score (nSPS) is 19.6. The van der Waals surface area contributed by atoms with Gasteiger partial charge in [0.25, 0.3) is 5.69 Å². The first-order chi connectivity index (χ1) is 12.3. The SMILES string of the molecule is CNS(=O)(=O)c1ccc(NC2c3ccccc3CCC2C)c([N+](=O)[O-])c1. The van der Waals surface area contributed by atoms with Crippen LogP contribution in [0.4, 0.5) is 11.4 Å². The summed E-state index contributed by atoms with van der Waals surface area (Å²) in [5, 5.41) is 14.8. The number of aryl methyl sites for hydroxylation is 1. The predicted molar refractivity (Wildman–Crippen MR) is 99.6 cm³/mol. The lowest BCUT2D eigenvalue weighted by atomic mass is 9.80. The molecule has 26 heavy (non-hydrogen) atoms. The van der Waals surface area contributed by atoms with E-state index in [1.54, 1.807) is 0 Å². The molecule has 7 nitrogen and oxygen atoms in total. The molecule has 2 atom stereocenters. The highest BCUT2D eigenvalue weighted by Gasteiger charge is 2.29. The van der Waals surface area contributed by atoms with Crippen LogP contribution in [-0.4, -0.2) is 20.4 Å². The van der Waals surface area contributed by atoms with Crippen LogP contribution in [-0.2, 0) is 16.4 Å². The summed E-state index contributed by atoms with van der Waals surface area (Å²) in [4.78, 5) is 10.8. The summed E-state index contributed by atoms with van der Waals surface area (Å²) in [5.74, 6) is 0.297. The van der Waals surface area contributed by atoms with E-state index in [-0.39, 0.29) is 16.6 Å². The van der Waals surface area contributed by atoms with Crippen LogP contribution in [0, 0.1) is 16.0 Å². The molecule has 0 spiro atoms. The van der Waals surface area contributed by atoms with Gasteiger partial charge in [-0.3, -0.25) is 10.1 Å². The third-order valence-electron chi connectivity index (χ3n) is 4.88. The maximum atomic E-state index is 11.9. The van der Waals surface area contributed by atoms with Crippen LogP contribution in [0.1, 0.15) is 30.5 Å². The van der Waals surface area contributed by atoms with Crippen molar-refractivity contribution in [2.45, 2.75) is 30.7 Å². The summed E-state index contributed by atoms with van der Waals surface area (Å²) in [6.07, 6.45) is 1.96. The van der Waals surface area contributed by atoms with Crippen molar-refractivity contribution < 1.29 is 13.3 Å². The van der Waals surface area contributed by atoms with Crippen LogP contribution in [0.15, 0.2) is 47.4 Å². The molecule has 0 amide bonds. The Bertz CT molecular complexity index is 943. The molecule has 0 bridgehead atoms. The topological polar surface area (TPSA) is 101 Å². The van der Waals surface area contributed by atoms with Crippen LogP contribution in [0.25, 0.3) is 0 Å². The smallest absolute Gasteiger partial charge is 0.293 e. The molecule has 0 aromatic heterocycles. The van der Waals surface area contributed by atoms with Crippen molar-refractivity contribution in [2.24, 2.45) is 5.92 Å². The number of sulfonamides is 1. The van der Waals surface area contributed by atoms with E-state index in [0.717, 1.165) is 24.5 Å². The van der Waals surface area contributed by atoms with E-state index in [2.05, 4.69) is 23.0 Å². The van der Waals surface area contributed by atoms with Crippen LogP contribution >= 0.6 is 0 Å². The van der Waals surface area contributed by atoms with Crippen molar-refractivity contribution in [3.8, 4) is 0 Å². The minimum absolute atomic E-state index is 0.0644. The van der Waals surface area contributed by atoms with Crippen molar-refractivity contribution in [1.29, 1.82) is 0 Å². The summed E-state index contributed by atoms with van der Waals surface area (Å²) < 4.78 is 26.1. The predicted octanol–water partition coefficient (Wildman–Crippen LogP) is 3.24. The first-order valence-electron chi connectivity index (χ1n) is 8.40. The molecular weight excluding hydrogens is 354 g/mol. The van der Waals surface area contributed by atoms with E-state index in [1.807, 2.05) is 18.2 Å². The zero-order valence-electron chi connectivity index (χ0n) is 14.6. The first-order valence-corrected chi connectivity index (χ1v) is 9.88.